The maximum Gasteiger partial charge on any atom is 0.319 e. The van der Waals surface area contributed by atoms with Crippen molar-refractivity contribution in [1.82, 2.24) is 15.3 Å². The second-order valence-corrected chi connectivity index (χ2v) is 9.47. The molecule has 4 aliphatic rings. The standard InChI is InChI=1S/C24H29N5O4/c1-15-12-31-11-10-29(15)21-19-6-7-24(8-9-24)33-22(19)28-20(27-21)16-2-4-17(5-3-16)25-23(30)26-18-13-32-14-18/h2-5,15,18H,6-14H2,1H3,(H2,25,26,30). The van der Waals surface area contributed by atoms with E-state index in [9.17, 15) is 4.79 Å². The molecule has 2 aromatic rings. The van der Waals surface area contributed by atoms with Crippen LogP contribution in [-0.2, 0) is 15.9 Å². The van der Waals surface area contributed by atoms with Crippen LogP contribution in [0.5, 0.6) is 5.88 Å². The van der Waals surface area contributed by atoms with Crippen LogP contribution < -0.4 is 20.3 Å². The predicted molar refractivity (Wildman–Crippen MR) is 123 cm³/mol. The van der Waals surface area contributed by atoms with Gasteiger partial charge in [0.15, 0.2) is 5.82 Å². The summed E-state index contributed by atoms with van der Waals surface area (Å²) in [6.45, 7) is 5.48. The van der Waals surface area contributed by atoms with E-state index in [1.54, 1.807) is 0 Å². The number of aromatic nitrogens is 2. The van der Waals surface area contributed by atoms with Gasteiger partial charge >= 0.3 is 6.03 Å². The SMILES string of the molecule is CC1COCCN1c1nc(-c2ccc(NC(=O)NC3COC3)cc2)nc2c1CCC1(CC1)O2. The van der Waals surface area contributed by atoms with E-state index in [1.165, 1.54) is 0 Å². The number of nitrogens with zero attached hydrogens (tertiary/aromatic N) is 3. The Labute approximate surface area is 192 Å². The molecule has 9 nitrogen and oxygen atoms in total. The van der Waals surface area contributed by atoms with Gasteiger partial charge in [0, 0.05) is 17.8 Å². The molecule has 174 valence electrons. The van der Waals surface area contributed by atoms with Gasteiger partial charge in [-0.1, -0.05) is 0 Å². The lowest BCUT2D eigenvalue weighted by Crippen LogP contribution is -2.49. The summed E-state index contributed by atoms with van der Waals surface area (Å²) in [5.41, 5.74) is 2.70. The molecule has 4 heterocycles. The molecular formula is C24H29N5O4. The van der Waals surface area contributed by atoms with Crippen LogP contribution in [0.15, 0.2) is 24.3 Å². The topological polar surface area (TPSA) is 97.8 Å². The quantitative estimate of drug-likeness (QED) is 0.738. The number of hydrogen-bond donors (Lipinski definition) is 2. The number of nitrogens with one attached hydrogen (secondary N) is 2. The average Bonchev–Trinajstić information content (AvgIpc) is 3.54. The third kappa shape index (κ3) is 4.11. The van der Waals surface area contributed by atoms with Crippen molar-refractivity contribution in [3.8, 4) is 17.3 Å². The summed E-state index contributed by atoms with van der Waals surface area (Å²) in [6, 6.07) is 7.72. The van der Waals surface area contributed by atoms with Crippen molar-refractivity contribution in [3.63, 3.8) is 0 Å². The fraction of sp³-hybridized carbons (Fsp3) is 0.542. The fourth-order valence-corrected chi connectivity index (χ4v) is 4.64. The highest BCUT2D eigenvalue weighted by Crippen LogP contribution is 2.49. The van der Waals surface area contributed by atoms with E-state index < -0.39 is 0 Å². The maximum atomic E-state index is 12.1. The summed E-state index contributed by atoms with van der Waals surface area (Å²) < 4.78 is 17.1. The molecule has 1 aromatic carbocycles. The van der Waals surface area contributed by atoms with E-state index in [1.807, 2.05) is 24.3 Å². The van der Waals surface area contributed by atoms with Crippen LogP contribution in [0.4, 0.5) is 16.3 Å². The first-order valence-corrected chi connectivity index (χ1v) is 11.8. The number of urea groups is 1. The van der Waals surface area contributed by atoms with Crippen molar-refractivity contribution >= 4 is 17.5 Å². The molecule has 2 N–H and O–H groups in total. The normalized spacial score (nSPS) is 23.3. The van der Waals surface area contributed by atoms with E-state index in [0.717, 1.165) is 55.1 Å². The van der Waals surface area contributed by atoms with Crippen molar-refractivity contribution < 1.29 is 19.0 Å². The Kier molecular flexibility index (Phi) is 5.10. The zero-order valence-electron chi connectivity index (χ0n) is 18.8. The van der Waals surface area contributed by atoms with Crippen LogP contribution in [0.25, 0.3) is 11.4 Å². The van der Waals surface area contributed by atoms with E-state index in [0.29, 0.717) is 37.9 Å². The molecule has 2 saturated heterocycles. The summed E-state index contributed by atoms with van der Waals surface area (Å²) in [6.07, 6.45) is 4.18. The first-order valence-electron chi connectivity index (χ1n) is 11.8. The van der Waals surface area contributed by atoms with Gasteiger partial charge in [-0.2, -0.15) is 4.98 Å². The molecule has 3 aliphatic heterocycles. The van der Waals surface area contributed by atoms with Crippen LogP contribution in [-0.4, -0.2) is 66.7 Å². The van der Waals surface area contributed by atoms with Crippen LogP contribution in [0.3, 0.4) is 0 Å². The number of rotatable bonds is 4. The lowest BCUT2D eigenvalue weighted by atomic mass is 10.0. The van der Waals surface area contributed by atoms with Gasteiger partial charge in [-0.05, 0) is 56.9 Å². The van der Waals surface area contributed by atoms with Gasteiger partial charge < -0.3 is 29.7 Å². The Morgan fingerprint density at radius 1 is 1.09 bits per heavy atom. The molecule has 6 rings (SSSR count). The van der Waals surface area contributed by atoms with E-state index in [2.05, 4.69) is 22.5 Å². The lowest BCUT2D eigenvalue weighted by molar-refractivity contribution is 0.000735. The molecule has 1 unspecified atom stereocenters. The molecule has 9 heteroatoms. The van der Waals surface area contributed by atoms with Gasteiger partial charge in [0.05, 0.1) is 44.1 Å². The van der Waals surface area contributed by atoms with Crippen molar-refractivity contribution in [2.75, 3.05) is 43.2 Å². The lowest BCUT2D eigenvalue weighted by Gasteiger charge is -2.37. The number of hydrogen-bond acceptors (Lipinski definition) is 7. The smallest absolute Gasteiger partial charge is 0.319 e. The maximum absolute atomic E-state index is 12.1. The van der Waals surface area contributed by atoms with E-state index >= 15 is 0 Å². The molecule has 1 aromatic heterocycles. The van der Waals surface area contributed by atoms with Gasteiger partial charge in [-0.3, -0.25) is 0 Å². The van der Waals surface area contributed by atoms with E-state index in [4.69, 9.17) is 24.2 Å². The van der Waals surface area contributed by atoms with Crippen LogP contribution in [0.2, 0.25) is 0 Å². The van der Waals surface area contributed by atoms with Crippen molar-refractivity contribution in [1.29, 1.82) is 0 Å². The first-order chi connectivity index (χ1) is 16.1. The molecule has 0 radical (unpaired) electrons. The summed E-state index contributed by atoms with van der Waals surface area (Å²) in [7, 11) is 0. The zero-order valence-corrected chi connectivity index (χ0v) is 18.8. The van der Waals surface area contributed by atoms with Crippen LogP contribution >= 0.6 is 0 Å². The van der Waals surface area contributed by atoms with Crippen molar-refractivity contribution in [3.05, 3.63) is 29.8 Å². The van der Waals surface area contributed by atoms with Crippen LogP contribution in [0, 0.1) is 0 Å². The molecular weight excluding hydrogens is 422 g/mol. The van der Waals surface area contributed by atoms with Crippen LogP contribution in [0.1, 0.15) is 31.7 Å². The largest absolute Gasteiger partial charge is 0.471 e. The number of ether oxygens (including phenoxy) is 3. The summed E-state index contributed by atoms with van der Waals surface area (Å²) in [4.78, 5) is 24.3. The number of carbonyl (C=O) groups excluding carboxylic acids is 1. The number of morpholine rings is 1. The summed E-state index contributed by atoms with van der Waals surface area (Å²) in [5, 5.41) is 5.74. The second-order valence-electron chi connectivity index (χ2n) is 9.47. The van der Waals surface area contributed by atoms with Crippen molar-refractivity contribution in [2.45, 2.75) is 50.3 Å². The second kappa shape index (κ2) is 8.14. The molecule has 3 fully saturated rings. The molecule has 1 spiro atoms. The number of benzene rings is 1. The number of fused-ring (bicyclic) bond motifs is 1. The summed E-state index contributed by atoms with van der Waals surface area (Å²) in [5.74, 6) is 2.33. The first kappa shape index (κ1) is 20.7. The molecule has 2 amide bonds. The highest BCUT2D eigenvalue weighted by atomic mass is 16.5. The molecule has 1 atom stereocenters. The zero-order chi connectivity index (χ0) is 22.4. The summed E-state index contributed by atoms with van der Waals surface area (Å²) >= 11 is 0. The average molecular weight is 452 g/mol. The Hall–Kier alpha value is -2.91. The number of amides is 2. The molecule has 1 saturated carbocycles. The molecule has 1 aliphatic carbocycles. The number of anilines is 2. The Bertz CT molecular complexity index is 1050. The van der Waals surface area contributed by atoms with Gasteiger partial charge in [-0.25, -0.2) is 9.78 Å². The highest BCUT2D eigenvalue weighted by molar-refractivity contribution is 5.89. The fourth-order valence-electron chi connectivity index (χ4n) is 4.64. The van der Waals surface area contributed by atoms with E-state index in [-0.39, 0.29) is 23.7 Å². The minimum Gasteiger partial charge on any atom is -0.471 e. The third-order valence-corrected chi connectivity index (χ3v) is 6.91. The van der Waals surface area contributed by atoms with Gasteiger partial charge in [0.25, 0.3) is 0 Å². The molecule has 0 bridgehead atoms. The monoisotopic (exact) mass is 451 g/mol. The highest BCUT2D eigenvalue weighted by Gasteiger charge is 2.49. The Morgan fingerprint density at radius 3 is 2.61 bits per heavy atom. The predicted octanol–water partition coefficient (Wildman–Crippen LogP) is 2.75. The Balaban J connectivity index is 1.28. The van der Waals surface area contributed by atoms with Gasteiger partial charge in [0.1, 0.15) is 11.4 Å². The Morgan fingerprint density at radius 2 is 1.91 bits per heavy atom. The molecule has 33 heavy (non-hydrogen) atoms. The van der Waals surface area contributed by atoms with Gasteiger partial charge in [-0.15, -0.1) is 0 Å². The minimum absolute atomic E-state index is 0.0147. The third-order valence-electron chi connectivity index (χ3n) is 6.91. The minimum atomic E-state index is -0.229. The number of carbonyl (C=O) groups is 1. The van der Waals surface area contributed by atoms with Crippen molar-refractivity contribution in [2.24, 2.45) is 0 Å². The van der Waals surface area contributed by atoms with Gasteiger partial charge in [0.2, 0.25) is 5.88 Å².